The Hall–Kier alpha value is -2.40. The van der Waals surface area contributed by atoms with Gasteiger partial charge >= 0.3 is 0 Å². The number of fused-ring (bicyclic) bond motifs is 1. The minimum Gasteiger partial charge on any atom is -0.493 e. The summed E-state index contributed by atoms with van der Waals surface area (Å²) in [6.45, 7) is 7.29. The third-order valence-electron chi connectivity index (χ3n) is 4.59. The molecule has 1 aliphatic rings. The fourth-order valence-electron chi connectivity index (χ4n) is 3.16. The van der Waals surface area contributed by atoms with E-state index in [0.29, 0.717) is 41.2 Å². The Morgan fingerprint density at radius 1 is 1.21 bits per heavy atom. The van der Waals surface area contributed by atoms with Crippen LogP contribution in [0.3, 0.4) is 0 Å². The van der Waals surface area contributed by atoms with Gasteiger partial charge in [0.05, 0.1) is 26.4 Å². The minimum atomic E-state index is -0.249. The van der Waals surface area contributed by atoms with Crippen molar-refractivity contribution in [2.45, 2.75) is 33.2 Å². The van der Waals surface area contributed by atoms with Crippen LogP contribution in [-0.2, 0) is 6.42 Å². The predicted octanol–water partition coefficient (Wildman–Crippen LogP) is 4.81. The van der Waals surface area contributed by atoms with E-state index in [9.17, 15) is 4.79 Å². The van der Waals surface area contributed by atoms with Crippen LogP contribution in [-0.4, -0.2) is 26.2 Å². The summed E-state index contributed by atoms with van der Waals surface area (Å²) in [6, 6.07) is 8.71. The smallest absolute Gasteiger partial charge is 0.251 e. The fourth-order valence-corrected chi connectivity index (χ4v) is 3.41. The van der Waals surface area contributed by atoms with Crippen LogP contribution in [0.4, 0.5) is 0 Å². The van der Waals surface area contributed by atoms with E-state index in [1.807, 2.05) is 19.1 Å². The van der Waals surface area contributed by atoms with E-state index in [0.717, 1.165) is 23.3 Å². The first-order chi connectivity index (χ1) is 13.4. The normalized spacial score (nSPS) is 13.6. The van der Waals surface area contributed by atoms with Crippen molar-refractivity contribution in [3.05, 3.63) is 52.0 Å². The molecule has 28 heavy (non-hydrogen) atoms. The van der Waals surface area contributed by atoms with E-state index in [-0.39, 0.29) is 11.9 Å². The summed E-state index contributed by atoms with van der Waals surface area (Å²) in [7, 11) is 1.56. The Balaban J connectivity index is 1.76. The third kappa shape index (κ3) is 4.53. The van der Waals surface area contributed by atoms with Gasteiger partial charge in [-0.3, -0.25) is 4.79 Å². The molecule has 0 aliphatic carbocycles. The average molecular weight is 404 g/mol. The summed E-state index contributed by atoms with van der Waals surface area (Å²) in [5, 5.41) is 3.66. The molecule has 0 saturated heterocycles. The van der Waals surface area contributed by atoms with E-state index in [4.69, 9.17) is 25.8 Å². The number of halogens is 1. The van der Waals surface area contributed by atoms with Crippen LogP contribution in [0.2, 0.25) is 5.02 Å². The maximum absolute atomic E-state index is 12.8. The summed E-state index contributed by atoms with van der Waals surface area (Å²) in [4.78, 5) is 12.8. The molecule has 6 heteroatoms. The van der Waals surface area contributed by atoms with Gasteiger partial charge in [-0.25, -0.2) is 0 Å². The van der Waals surface area contributed by atoms with Crippen molar-refractivity contribution >= 4 is 17.5 Å². The van der Waals surface area contributed by atoms with Crippen LogP contribution in [0.25, 0.3) is 0 Å². The molecule has 5 nitrogen and oxygen atoms in total. The molecule has 3 rings (SSSR count). The zero-order chi connectivity index (χ0) is 20.3. The van der Waals surface area contributed by atoms with Gasteiger partial charge in [0.1, 0.15) is 5.75 Å². The summed E-state index contributed by atoms with van der Waals surface area (Å²) >= 11 is 6.24. The molecule has 1 aliphatic heterocycles. The lowest BCUT2D eigenvalue weighted by Crippen LogP contribution is -2.27. The van der Waals surface area contributed by atoms with Gasteiger partial charge in [0.15, 0.2) is 11.5 Å². The number of hydrogen-bond acceptors (Lipinski definition) is 4. The van der Waals surface area contributed by atoms with Crippen LogP contribution in [0, 0.1) is 5.92 Å². The maximum Gasteiger partial charge on any atom is 0.251 e. The summed E-state index contributed by atoms with van der Waals surface area (Å²) in [5.74, 6) is 2.19. The molecule has 0 fully saturated rings. The van der Waals surface area contributed by atoms with Crippen molar-refractivity contribution in [3.8, 4) is 17.2 Å². The summed E-state index contributed by atoms with van der Waals surface area (Å²) in [5.41, 5.74) is 2.47. The molecule has 0 radical (unpaired) electrons. The van der Waals surface area contributed by atoms with Crippen molar-refractivity contribution in [1.82, 2.24) is 5.32 Å². The third-order valence-corrected chi connectivity index (χ3v) is 4.81. The quantitative estimate of drug-likeness (QED) is 0.720. The topological polar surface area (TPSA) is 56.8 Å². The Morgan fingerprint density at radius 2 is 2.00 bits per heavy atom. The Kier molecular flexibility index (Phi) is 6.35. The molecule has 0 aromatic heterocycles. The number of methoxy groups -OCH3 is 1. The van der Waals surface area contributed by atoms with Crippen molar-refractivity contribution < 1.29 is 19.0 Å². The second-order valence-electron chi connectivity index (χ2n) is 7.35. The van der Waals surface area contributed by atoms with Crippen molar-refractivity contribution in [2.75, 3.05) is 20.3 Å². The summed E-state index contributed by atoms with van der Waals surface area (Å²) < 4.78 is 16.9. The number of nitrogens with one attached hydrogen (secondary N) is 1. The van der Waals surface area contributed by atoms with Crippen LogP contribution in [0.15, 0.2) is 30.3 Å². The molecule has 1 unspecified atom stereocenters. The van der Waals surface area contributed by atoms with Crippen molar-refractivity contribution in [1.29, 1.82) is 0 Å². The molecule has 1 heterocycles. The standard InChI is InChI=1S/C22H26ClNO4/c1-13(2)12-28-19-6-5-16(10-20(19)26-4)22(25)24-14(3)18-11-17(23)9-15-7-8-27-21(15)18/h5-6,9-11,13-14H,7-8,12H2,1-4H3,(H,24,25). The molecule has 0 saturated carbocycles. The molecular formula is C22H26ClNO4. The van der Waals surface area contributed by atoms with E-state index in [1.54, 1.807) is 25.3 Å². The second-order valence-corrected chi connectivity index (χ2v) is 7.78. The molecule has 2 aromatic rings. The first-order valence-corrected chi connectivity index (χ1v) is 9.83. The number of hydrogen-bond donors (Lipinski definition) is 1. The van der Waals surface area contributed by atoms with Gasteiger partial charge in [-0.1, -0.05) is 25.4 Å². The molecular weight excluding hydrogens is 378 g/mol. The fraction of sp³-hybridized carbons (Fsp3) is 0.409. The maximum atomic E-state index is 12.8. The molecule has 2 aromatic carbocycles. The molecule has 0 spiro atoms. The molecule has 1 atom stereocenters. The van der Waals surface area contributed by atoms with Crippen molar-refractivity contribution in [2.24, 2.45) is 5.92 Å². The van der Waals surface area contributed by atoms with Gasteiger partial charge in [0.25, 0.3) is 5.91 Å². The molecule has 1 N–H and O–H groups in total. The zero-order valence-electron chi connectivity index (χ0n) is 16.7. The number of amides is 1. The van der Waals surface area contributed by atoms with Gasteiger partial charge in [-0.2, -0.15) is 0 Å². The van der Waals surface area contributed by atoms with Gasteiger partial charge in [0.2, 0.25) is 0 Å². The van der Waals surface area contributed by atoms with Crippen molar-refractivity contribution in [3.63, 3.8) is 0 Å². The average Bonchev–Trinajstić information content (AvgIpc) is 3.13. The monoisotopic (exact) mass is 403 g/mol. The highest BCUT2D eigenvalue weighted by Crippen LogP contribution is 2.36. The van der Waals surface area contributed by atoms with Crippen LogP contribution in [0.5, 0.6) is 17.2 Å². The minimum absolute atomic E-state index is 0.201. The Morgan fingerprint density at radius 3 is 2.71 bits per heavy atom. The number of carbonyl (C=O) groups excluding carboxylic acids is 1. The van der Waals surface area contributed by atoms with Crippen LogP contribution in [0.1, 0.15) is 48.3 Å². The lowest BCUT2D eigenvalue weighted by atomic mass is 10.0. The Bertz CT molecular complexity index is 866. The first kappa shape index (κ1) is 20.3. The number of benzene rings is 2. The largest absolute Gasteiger partial charge is 0.493 e. The number of ether oxygens (including phenoxy) is 3. The van der Waals surface area contributed by atoms with Gasteiger partial charge < -0.3 is 19.5 Å². The highest BCUT2D eigenvalue weighted by Gasteiger charge is 2.23. The zero-order valence-corrected chi connectivity index (χ0v) is 17.4. The van der Waals surface area contributed by atoms with E-state index in [1.165, 1.54) is 0 Å². The number of rotatable bonds is 7. The number of carbonyl (C=O) groups is 1. The first-order valence-electron chi connectivity index (χ1n) is 9.46. The van der Waals surface area contributed by atoms with Gasteiger partial charge in [-0.15, -0.1) is 0 Å². The lowest BCUT2D eigenvalue weighted by molar-refractivity contribution is 0.0939. The molecule has 1 amide bonds. The van der Waals surface area contributed by atoms with Gasteiger partial charge in [-0.05, 0) is 48.7 Å². The van der Waals surface area contributed by atoms with E-state index in [2.05, 4.69) is 19.2 Å². The van der Waals surface area contributed by atoms with E-state index < -0.39 is 0 Å². The second kappa shape index (κ2) is 8.74. The SMILES string of the molecule is COc1cc(C(=O)NC(C)c2cc(Cl)cc3c2OCC3)ccc1OCC(C)C. The highest BCUT2D eigenvalue weighted by molar-refractivity contribution is 6.30. The van der Waals surface area contributed by atoms with Crippen LogP contribution >= 0.6 is 11.6 Å². The highest BCUT2D eigenvalue weighted by atomic mass is 35.5. The Labute approximate surface area is 170 Å². The molecule has 0 bridgehead atoms. The van der Waals surface area contributed by atoms with Crippen LogP contribution < -0.4 is 19.5 Å². The lowest BCUT2D eigenvalue weighted by Gasteiger charge is -2.18. The van der Waals surface area contributed by atoms with E-state index >= 15 is 0 Å². The summed E-state index contributed by atoms with van der Waals surface area (Å²) in [6.07, 6.45) is 0.832. The van der Waals surface area contributed by atoms with Gasteiger partial charge in [0, 0.05) is 22.6 Å². The molecule has 150 valence electrons. The predicted molar refractivity (Wildman–Crippen MR) is 110 cm³/mol.